The number of anilines is 1. The molecule has 1 aliphatic heterocycles. The van der Waals surface area contributed by atoms with E-state index >= 15 is 0 Å². The van der Waals surface area contributed by atoms with Gasteiger partial charge in [0.15, 0.2) is 11.8 Å². The Morgan fingerprint density at radius 3 is 2.74 bits per heavy atom. The van der Waals surface area contributed by atoms with Crippen molar-refractivity contribution in [2.45, 2.75) is 45.3 Å². The Morgan fingerprint density at radius 1 is 1.34 bits per heavy atom. The maximum Gasteiger partial charge on any atom is 0.339 e. The van der Waals surface area contributed by atoms with E-state index in [1.807, 2.05) is 48.0 Å². The number of halogens is 1. The van der Waals surface area contributed by atoms with Crippen LogP contribution < -0.4 is 4.90 Å². The topological polar surface area (TPSA) is 76.3 Å². The second-order valence-electron chi connectivity index (χ2n) is 9.13. The maximum absolute atomic E-state index is 12.6. The minimum absolute atomic E-state index is 0.200. The molecule has 0 spiro atoms. The Kier molecular flexibility index (Phi) is 7.64. The second-order valence-corrected chi connectivity index (χ2v) is 10.0. The smallest absolute Gasteiger partial charge is 0.339 e. The number of fused-ring (bicyclic) bond motifs is 1. The van der Waals surface area contributed by atoms with E-state index < -0.39 is 12.1 Å². The number of aryl methyl sites for hydroxylation is 1. The van der Waals surface area contributed by atoms with E-state index in [2.05, 4.69) is 34.3 Å². The zero-order valence-corrected chi connectivity index (χ0v) is 22.0. The first-order valence-corrected chi connectivity index (χ1v) is 12.7. The van der Waals surface area contributed by atoms with E-state index in [4.69, 9.17) is 14.5 Å². The molecule has 8 heteroatoms. The number of ether oxygens (including phenoxy) is 2. The van der Waals surface area contributed by atoms with Crippen molar-refractivity contribution >= 4 is 33.2 Å². The van der Waals surface area contributed by atoms with Gasteiger partial charge in [0, 0.05) is 41.1 Å². The number of pyridine rings is 1. The summed E-state index contributed by atoms with van der Waals surface area (Å²) in [5.41, 5.74) is 4.33. The molecule has 1 saturated heterocycles. The number of carbonyl (C=O) groups excluding carboxylic acids is 1. The van der Waals surface area contributed by atoms with Crippen LogP contribution >= 0.6 is 15.9 Å². The molecule has 1 aromatic carbocycles. The highest BCUT2D eigenvalue weighted by Crippen LogP contribution is 2.39. The average Bonchev–Trinajstić information content (AvgIpc) is 3.26. The maximum atomic E-state index is 12.6. The number of imidazole rings is 1. The van der Waals surface area contributed by atoms with Gasteiger partial charge in [-0.25, -0.2) is 9.78 Å². The molecule has 0 radical (unpaired) electrons. The van der Waals surface area contributed by atoms with E-state index in [1.165, 1.54) is 0 Å². The molecule has 1 atom stereocenters. The van der Waals surface area contributed by atoms with Crippen molar-refractivity contribution in [2.24, 2.45) is 0 Å². The van der Waals surface area contributed by atoms with Gasteiger partial charge in [0.2, 0.25) is 0 Å². The number of rotatable bonds is 8. The van der Waals surface area contributed by atoms with Crippen LogP contribution in [0.2, 0.25) is 0 Å². The fourth-order valence-corrected chi connectivity index (χ4v) is 5.04. The number of hydrogen-bond acceptors (Lipinski definition) is 6. The van der Waals surface area contributed by atoms with Crippen LogP contribution in [-0.2, 0) is 14.3 Å². The van der Waals surface area contributed by atoms with Gasteiger partial charge in [0.05, 0.1) is 30.2 Å². The lowest BCUT2D eigenvalue weighted by atomic mass is 9.92. The number of nitrogens with zero attached hydrogens (tertiary/aromatic N) is 3. The Bertz CT molecular complexity index is 1230. The number of carbonyl (C=O) groups is 1. The zero-order chi connectivity index (χ0) is 25.2. The number of esters is 1. The number of aliphatic hydroxyl groups excluding tert-OH is 1. The van der Waals surface area contributed by atoms with Gasteiger partial charge < -0.3 is 23.9 Å². The molecule has 0 saturated carbocycles. The normalized spacial score (nSPS) is 16.3. The monoisotopic (exact) mass is 541 g/mol. The molecule has 4 rings (SSSR count). The van der Waals surface area contributed by atoms with Crippen LogP contribution in [0.5, 0.6) is 0 Å². The molecule has 35 heavy (non-hydrogen) atoms. The summed E-state index contributed by atoms with van der Waals surface area (Å²) >= 11 is 3.54. The number of aromatic nitrogens is 2. The van der Waals surface area contributed by atoms with E-state index in [-0.39, 0.29) is 12.2 Å². The standard InChI is InChI=1S/C27H32BrN3O4/c1-5-14-35-27(4)10-12-30(13-11-27)23-22(24(32)26(33)34-6-2)18(3)16-31-17-21(29-25(23)31)19-8-7-9-20(28)15-19/h5,7-9,15-17,24,32H,1,6,10-14H2,2-4H3. The first-order chi connectivity index (χ1) is 16.8. The van der Waals surface area contributed by atoms with Gasteiger partial charge in [-0.2, -0.15) is 0 Å². The molecule has 3 aromatic rings. The van der Waals surface area contributed by atoms with Gasteiger partial charge in [-0.05, 0) is 51.3 Å². The minimum Gasteiger partial charge on any atom is -0.464 e. The summed E-state index contributed by atoms with van der Waals surface area (Å²) in [4.78, 5) is 19.8. The fraction of sp³-hybridized carbons (Fsp3) is 0.407. The summed E-state index contributed by atoms with van der Waals surface area (Å²) in [6, 6.07) is 7.98. The second kappa shape index (κ2) is 10.5. The quantitative estimate of drug-likeness (QED) is 0.311. The summed E-state index contributed by atoms with van der Waals surface area (Å²) in [7, 11) is 0. The SMILES string of the molecule is C=CCOC1(C)CCN(c2c(C(O)C(=O)OCC)c(C)cn3cc(-c4cccc(Br)c4)nc23)CC1. The highest BCUT2D eigenvalue weighted by Gasteiger charge is 2.35. The molecule has 186 valence electrons. The van der Waals surface area contributed by atoms with Gasteiger partial charge in [0.25, 0.3) is 0 Å². The molecule has 1 fully saturated rings. The molecule has 2 aromatic heterocycles. The number of hydrogen-bond donors (Lipinski definition) is 1. The fourth-order valence-electron chi connectivity index (χ4n) is 4.64. The Hall–Kier alpha value is -2.68. The van der Waals surface area contributed by atoms with Crippen LogP contribution in [0.15, 0.2) is 53.8 Å². The first kappa shape index (κ1) is 25.4. The lowest BCUT2D eigenvalue weighted by molar-refractivity contribution is -0.153. The van der Waals surface area contributed by atoms with Crippen molar-refractivity contribution in [1.82, 2.24) is 9.38 Å². The molecular weight excluding hydrogens is 510 g/mol. The minimum atomic E-state index is -1.40. The third kappa shape index (κ3) is 5.29. The first-order valence-electron chi connectivity index (χ1n) is 11.9. The van der Waals surface area contributed by atoms with Crippen LogP contribution in [0.4, 0.5) is 5.69 Å². The highest BCUT2D eigenvalue weighted by atomic mass is 79.9. The van der Waals surface area contributed by atoms with Crippen LogP contribution in [0.1, 0.15) is 43.9 Å². The number of aliphatic hydroxyl groups is 1. The molecule has 0 aliphatic carbocycles. The number of benzene rings is 1. The molecule has 1 unspecified atom stereocenters. The summed E-state index contributed by atoms with van der Waals surface area (Å²) in [6.45, 7) is 11.6. The van der Waals surface area contributed by atoms with E-state index in [9.17, 15) is 9.90 Å². The van der Waals surface area contributed by atoms with Crippen molar-refractivity contribution in [2.75, 3.05) is 31.2 Å². The average molecular weight is 542 g/mol. The molecule has 7 nitrogen and oxygen atoms in total. The van der Waals surface area contributed by atoms with Gasteiger partial charge in [-0.1, -0.05) is 34.1 Å². The van der Waals surface area contributed by atoms with E-state index in [1.54, 1.807) is 13.0 Å². The van der Waals surface area contributed by atoms with Crippen LogP contribution in [0.25, 0.3) is 16.9 Å². The van der Waals surface area contributed by atoms with Gasteiger partial charge in [0.1, 0.15) is 0 Å². The number of piperidine rings is 1. The molecule has 3 heterocycles. The third-order valence-electron chi connectivity index (χ3n) is 6.55. The summed E-state index contributed by atoms with van der Waals surface area (Å²) in [5.74, 6) is -0.656. The Morgan fingerprint density at radius 2 is 2.09 bits per heavy atom. The van der Waals surface area contributed by atoms with Crippen LogP contribution in [-0.4, -0.2) is 52.4 Å². The van der Waals surface area contributed by atoms with Gasteiger partial charge in [-0.15, -0.1) is 6.58 Å². The van der Waals surface area contributed by atoms with Crippen molar-refractivity contribution in [3.63, 3.8) is 0 Å². The molecular formula is C27H32BrN3O4. The third-order valence-corrected chi connectivity index (χ3v) is 7.04. The Balaban J connectivity index is 1.82. The zero-order valence-electron chi connectivity index (χ0n) is 20.5. The van der Waals surface area contributed by atoms with Crippen molar-refractivity contribution in [1.29, 1.82) is 0 Å². The van der Waals surface area contributed by atoms with Gasteiger partial charge in [-0.3, -0.25) is 0 Å². The lowest BCUT2D eigenvalue weighted by Gasteiger charge is -2.41. The lowest BCUT2D eigenvalue weighted by Crippen LogP contribution is -2.45. The van der Waals surface area contributed by atoms with Crippen LogP contribution in [0, 0.1) is 6.92 Å². The van der Waals surface area contributed by atoms with E-state index in [0.29, 0.717) is 30.9 Å². The predicted octanol–water partition coefficient (Wildman–Crippen LogP) is 5.23. The summed E-state index contributed by atoms with van der Waals surface area (Å²) < 4.78 is 14.2. The molecule has 1 N–H and O–H groups in total. The molecule has 0 amide bonds. The Labute approximate surface area is 214 Å². The van der Waals surface area contributed by atoms with E-state index in [0.717, 1.165) is 39.8 Å². The van der Waals surface area contributed by atoms with Crippen LogP contribution in [0.3, 0.4) is 0 Å². The van der Waals surface area contributed by atoms with Gasteiger partial charge >= 0.3 is 5.97 Å². The van der Waals surface area contributed by atoms with Crippen molar-refractivity contribution in [3.05, 3.63) is 64.9 Å². The molecule has 0 bridgehead atoms. The summed E-state index contributed by atoms with van der Waals surface area (Å²) in [5, 5.41) is 11.1. The summed E-state index contributed by atoms with van der Waals surface area (Å²) in [6.07, 6.45) is 5.86. The molecule has 1 aliphatic rings. The predicted molar refractivity (Wildman–Crippen MR) is 141 cm³/mol. The van der Waals surface area contributed by atoms with Crippen molar-refractivity contribution in [3.8, 4) is 11.3 Å². The van der Waals surface area contributed by atoms with Crippen molar-refractivity contribution < 1.29 is 19.4 Å². The highest BCUT2D eigenvalue weighted by molar-refractivity contribution is 9.10. The largest absolute Gasteiger partial charge is 0.464 e.